The molecule has 0 bridgehead atoms. The fourth-order valence-corrected chi connectivity index (χ4v) is 3.60. The van der Waals surface area contributed by atoms with E-state index < -0.39 is 6.95 Å². The first-order chi connectivity index (χ1) is 11.5. The predicted molar refractivity (Wildman–Crippen MR) is 97.8 cm³/mol. The van der Waals surface area contributed by atoms with Crippen LogP contribution in [0.1, 0.15) is 5.56 Å². The fourth-order valence-electron chi connectivity index (χ4n) is 2.34. The van der Waals surface area contributed by atoms with E-state index >= 15 is 0 Å². The molecule has 0 aliphatic heterocycles. The second-order valence-corrected chi connectivity index (χ2v) is 7.76. The average molecular weight is 359 g/mol. The lowest BCUT2D eigenvalue weighted by atomic mass is 10.1. The molecule has 0 amide bonds. The van der Waals surface area contributed by atoms with E-state index in [0.717, 1.165) is 16.7 Å². The Labute approximate surface area is 146 Å². The molecule has 3 aromatic carbocycles. The number of halogens is 1. The quantitative estimate of drug-likeness (QED) is 0.490. The van der Waals surface area contributed by atoms with Crippen molar-refractivity contribution in [3.05, 3.63) is 84.4 Å². The van der Waals surface area contributed by atoms with Crippen molar-refractivity contribution < 1.29 is 13.6 Å². The summed E-state index contributed by atoms with van der Waals surface area (Å²) < 4.78 is 23.5. The van der Waals surface area contributed by atoms with Crippen LogP contribution in [0.15, 0.2) is 78.9 Å². The lowest BCUT2D eigenvalue weighted by Crippen LogP contribution is -1.97. The van der Waals surface area contributed by atoms with Crippen LogP contribution in [-0.2, 0) is 4.57 Å². The molecule has 24 heavy (non-hydrogen) atoms. The van der Waals surface area contributed by atoms with Crippen molar-refractivity contribution >= 4 is 18.2 Å². The Morgan fingerprint density at radius 2 is 1.54 bits per heavy atom. The standard InChI is InChI=1S/C19H16ClO3P/c1-15-8-7-11-17(14-15)22-24(20,21)23-19-13-6-5-12-18(19)16-9-3-2-4-10-16/h2-14H,1H3. The minimum Gasteiger partial charge on any atom is -0.405 e. The Morgan fingerprint density at radius 3 is 2.29 bits per heavy atom. The monoisotopic (exact) mass is 358 g/mol. The topological polar surface area (TPSA) is 35.5 Å². The largest absolute Gasteiger partial charge is 0.530 e. The predicted octanol–water partition coefficient (Wildman–Crippen LogP) is 6.47. The van der Waals surface area contributed by atoms with E-state index in [9.17, 15) is 4.57 Å². The van der Waals surface area contributed by atoms with Gasteiger partial charge in [-0.1, -0.05) is 60.7 Å². The molecule has 1 unspecified atom stereocenters. The summed E-state index contributed by atoms with van der Waals surface area (Å²) in [7, 11) is 0. The average Bonchev–Trinajstić information content (AvgIpc) is 2.55. The number of aryl methyl sites for hydroxylation is 1. The molecule has 0 radical (unpaired) electrons. The van der Waals surface area contributed by atoms with Gasteiger partial charge in [0.15, 0.2) is 0 Å². The van der Waals surface area contributed by atoms with E-state index in [-0.39, 0.29) is 0 Å². The van der Waals surface area contributed by atoms with Crippen molar-refractivity contribution in [2.75, 3.05) is 0 Å². The van der Waals surface area contributed by atoms with Crippen LogP contribution >= 0.6 is 18.2 Å². The van der Waals surface area contributed by atoms with Crippen LogP contribution < -0.4 is 9.05 Å². The number of rotatable bonds is 5. The van der Waals surface area contributed by atoms with E-state index in [4.69, 9.17) is 20.3 Å². The van der Waals surface area contributed by atoms with Gasteiger partial charge in [-0.2, -0.15) is 0 Å². The van der Waals surface area contributed by atoms with Gasteiger partial charge in [-0.3, -0.25) is 0 Å². The SMILES string of the molecule is Cc1cccc(OP(=O)(Cl)Oc2ccccc2-c2ccccc2)c1. The normalized spacial score (nSPS) is 13.1. The van der Waals surface area contributed by atoms with E-state index in [1.807, 2.05) is 55.5 Å². The summed E-state index contributed by atoms with van der Waals surface area (Å²) >= 11 is 6.03. The molecule has 0 heterocycles. The van der Waals surface area contributed by atoms with Crippen LogP contribution in [0.5, 0.6) is 11.5 Å². The summed E-state index contributed by atoms with van der Waals surface area (Å²) in [5.74, 6) is 0.820. The highest BCUT2D eigenvalue weighted by Gasteiger charge is 2.26. The van der Waals surface area contributed by atoms with Gasteiger partial charge in [-0.15, -0.1) is 0 Å². The van der Waals surface area contributed by atoms with Crippen molar-refractivity contribution in [3.63, 3.8) is 0 Å². The molecule has 0 N–H and O–H groups in total. The van der Waals surface area contributed by atoms with Gasteiger partial charge in [-0.05, 0) is 36.2 Å². The van der Waals surface area contributed by atoms with Crippen LogP contribution in [0.2, 0.25) is 0 Å². The van der Waals surface area contributed by atoms with Crippen LogP contribution in [0, 0.1) is 6.92 Å². The molecule has 1 atom stereocenters. The van der Waals surface area contributed by atoms with E-state index in [1.54, 1.807) is 30.3 Å². The first kappa shape index (κ1) is 16.6. The van der Waals surface area contributed by atoms with Crippen molar-refractivity contribution in [1.29, 1.82) is 0 Å². The number of para-hydroxylation sites is 1. The van der Waals surface area contributed by atoms with Gasteiger partial charge in [0.05, 0.1) is 0 Å². The Kier molecular flexibility index (Phi) is 4.94. The fraction of sp³-hybridized carbons (Fsp3) is 0.0526. The summed E-state index contributed by atoms with van der Waals surface area (Å²) in [6.07, 6.45) is 0. The Hall–Kier alpha value is -2.22. The Bertz CT molecular complexity index is 881. The molecule has 3 nitrogen and oxygen atoms in total. The van der Waals surface area contributed by atoms with Crippen LogP contribution in [0.4, 0.5) is 0 Å². The van der Waals surface area contributed by atoms with Crippen LogP contribution in [0.3, 0.4) is 0 Å². The second-order valence-electron chi connectivity index (χ2n) is 5.29. The van der Waals surface area contributed by atoms with Gasteiger partial charge in [0.25, 0.3) is 0 Å². The summed E-state index contributed by atoms with van der Waals surface area (Å²) in [5, 5.41) is 0. The molecular formula is C19H16ClO3P. The molecule has 0 aliphatic carbocycles. The lowest BCUT2D eigenvalue weighted by Gasteiger charge is -2.16. The number of hydrogen-bond acceptors (Lipinski definition) is 3. The third kappa shape index (κ3) is 4.19. The number of benzene rings is 3. The van der Waals surface area contributed by atoms with Gasteiger partial charge in [-0.25, -0.2) is 4.57 Å². The molecule has 0 aliphatic rings. The molecule has 0 saturated heterocycles. The highest BCUT2D eigenvalue weighted by atomic mass is 35.7. The molecule has 0 fully saturated rings. The zero-order valence-corrected chi connectivity index (χ0v) is 14.7. The third-order valence-electron chi connectivity index (χ3n) is 3.38. The zero-order chi connectivity index (χ0) is 17.0. The zero-order valence-electron chi connectivity index (χ0n) is 13.1. The number of hydrogen-bond donors (Lipinski definition) is 0. The highest BCUT2D eigenvalue weighted by Crippen LogP contribution is 2.54. The van der Waals surface area contributed by atoms with Gasteiger partial charge in [0.1, 0.15) is 11.5 Å². The first-order valence-corrected chi connectivity index (χ1v) is 9.88. The summed E-state index contributed by atoms with van der Waals surface area (Å²) in [5.41, 5.74) is 2.72. The third-order valence-corrected chi connectivity index (χ3v) is 4.64. The maximum Gasteiger partial charge on any atom is 0.530 e. The molecule has 122 valence electrons. The second kappa shape index (κ2) is 7.12. The smallest absolute Gasteiger partial charge is 0.405 e. The first-order valence-electron chi connectivity index (χ1n) is 7.43. The maximum atomic E-state index is 12.6. The summed E-state index contributed by atoms with van der Waals surface area (Å²) in [4.78, 5) is 0. The minimum atomic E-state index is -3.83. The maximum absolute atomic E-state index is 12.6. The van der Waals surface area contributed by atoms with E-state index in [0.29, 0.717) is 11.5 Å². The van der Waals surface area contributed by atoms with Gasteiger partial charge < -0.3 is 9.05 Å². The minimum absolute atomic E-state index is 0.408. The molecule has 3 rings (SSSR count). The Morgan fingerprint density at radius 1 is 0.833 bits per heavy atom. The summed E-state index contributed by atoms with van der Waals surface area (Å²) in [6.45, 7) is -1.92. The highest BCUT2D eigenvalue weighted by molar-refractivity contribution is 7.82. The molecular weight excluding hydrogens is 343 g/mol. The molecule has 0 saturated carbocycles. The van der Waals surface area contributed by atoms with Crippen LogP contribution in [-0.4, -0.2) is 0 Å². The molecule has 5 heteroatoms. The van der Waals surface area contributed by atoms with Crippen molar-refractivity contribution in [2.24, 2.45) is 0 Å². The van der Waals surface area contributed by atoms with Crippen molar-refractivity contribution in [3.8, 4) is 22.6 Å². The lowest BCUT2D eigenvalue weighted by molar-refractivity contribution is 0.407. The van der Waals surface area contributed by atoms with E-state index in [2.05, 4.69) is 0 Å². The summed E-state index contributed by atoms with van der Waals surface area (Å²) in [6, 6.07) is 24.1. The Balaban J connectivity index is 1.87. The van der Waals surface area contributed by atoms with Crippen molar-refractivity contribution in [2.45, 2.75) is 6.92 Å². The van der Waals surface area contributed by atoms with Crippen LogP contribution in [0.25, 0.3) is 11.1 Å². The van der Waals surface area contributed by atoms with Gasteiger partial charge in [0.2, 0.25) is 0 Å². The van der Waals surface area contributed by atoms with E-state index in [1.165, 1.54) is 0 Å². The molecule has 0 aromatic heterocycles. The molecule has 3 aromatic rings. The van der Waals surface area contributed by atoms with Gasteiger partial charge in [0, 0.05) is 16.8 Å². The van der Waals surface area contributed by atoms with Gasteiger partial charge >= 0.3 is 6.95 Å². The molecule has 0 spiro atoms. The van der Waals surface area contributed by atoms with Crippen molar-refractivity contribution in [1.82, 2.24) is 0 Å².